The maximum Gasteiger partial charge on any atom is 0.201 e. The molecule has 3 nitrogen and oxygen atoms in total. The van der Waals surface area contributed by atoms with E-state index in [0.717, 1.165) is 23.9 Å². The van der Waals surface area contributed by atoms with Gasteiger partial charge in [0.2, 0.25) is 5.78 Å². The summed E-state index contributed by atoms with van der Waals surface area (Å²) in [4.78, 5) is 20.5. The van der Waals surface area contributed by atoms with Crippen LogP contribution in [-0.2, 0) is 5.41 Å². The highest BCUT2D eigenvalue weighted by atomic mass is 16.1. The molecule has 1 N–H and O–H groups in total. The van der Waals surface area contributed by atoms with E-state index in [1.807, 2.05) is 12.1 Å². The summed E-state index contributed by atoms with van der Waals surface area (Å²) in [6.07, 6.45) is 5.63. The van der Waals surface area contributed by atoms with Gasteiger partial charge in [0.15, 0.2) is 5.82 Å². The van der Waals surface area contributed by atoms with Gasteiger partial charge in [0.05, 0.1) is 11.0 Å². The number of H-pyrrole nitrogens is 1. The molecule has 1 aliphatic carbocycles. The van der Waals surface area contributed by atoms with Gasteiger partial charge in [0, 0.05) is 5.92 Å². The molecule has 0 saturated heterocycles. The van der Waals surface area contributed by atoms with Crippen LogP contribution in [0.2, 0.25) is 0 Å². The third-order valence-corrected chi connectivity index (χ3v) is 4.53. The molecule has 1 aromatic heterocycles. The van der Waals surface area contributed by atoms with E-state index in [-0.39, 0.29) is 17.1 Å². The maximum absolute atomic E-state index is 12.6. The Hall–Kier alpha value is -1.64. The van der Waals surface area contributed by atoms with Crippen LogP contribution in [0.3, 0.4) is 0 Å². The minimum atomic E-state index is 0.0276. The average molecular weight is 284 g/mol. The van der Waals surface area contributed by atoms with Crippen molar-refractivity contribution in [1.29, 1.82) is 0 Å². The molecule has 21 heavy (non-hydrogen) atoms. The Morgan fingerprint density at radius 3 is 2.57 bits per heavy atom. The number of carbonyl (C=O) groups is 1. The number of hydrogen-bond donors (Lipinski definition) is 1. The quantitative estimate of drug-likeness (QED) is 0.818. The van der Waals surface area contributed by atoms with Crippen LogP contribution in [0.5, 0.6) is 0 Å². The summed E-state index contributed by atoms with van der Waals surface area (Å²) in [6, 6.07) is 6.16. The van der Waals surface area contributed by atoms with Crippen LogP contribution in [0.1, 0.15) is 69.1 Å². The van der Waals surface area contributed by atoms with Gasteiger partial charge in [-0.05, 0) is 29.9 Å². The molecule has 0 radical (unpaired) electrons. The van der Waals surface area contributed by atoms with Crippen molar-refractivity contribution in [3.05, 3.63) is 29.6 Å². The van der Waals surface area contributed by atoms with Crippen molar-refractivity contribution in [2.24, 2.45) is 5.92 Å². The number of hydrogen-bond acceptors (Lipinski definition) is 2. The van der Waals surface area contributed by atoms with Crippen molar-refractivity contribution in [3.8, 4) is 0 Å². The van der Waals surface area contributed by atoms with Gasteiger partial charge in [-0.15, -0.1) is 0 Å². The van der Waals surface area contributed by atoms with Gasteiger partial charge in [0.25, 0.3) is 0 Å². The van der Waals surface area contributed by atoms with E-state index in [1.54, 1.807) is 0 Å². The molecule has 1 saturated carbocycles. The Balaban J connectivity index is 1.99. The van der Waals surface area contributed by atoms with Gasteiger partial charge in [-0.3, -0.25) is 4.79 Å². The number of nitrogens with one attached hydrogen (secondary N) is 1. The second-order valence-electron chi connectivity index (χ2n) is 7.24. The minimum Gasteiger partial charge on any atom is -0.335 e. The number of aromatic nitrogens is 2. The third-order valence-electron chi connectivity index (χ3n) is 4.53. The molecular formula is C18H24N2O. The number of nitrogens with zero attached hydrogens (tertiary/aromatic N) is 1. The molecule has 1 aromatic carbocycles. The Kier molecular flexibility index (Phi) is 3.60. The maximum atomic E-state index is 12.6. The molecule has 2 aromatic rings. The van der Waals surface area contributed by atoms with Gasteiger partial charge >= 0.3 is 0 Å². The van der Waals surface area contributed by atoms with E-state index in [9.17, 15) is 4.79 Å². The standard InChI is InChI=1S/C18H24N2O/c1-18(2,3)13-10-7-11-14-15(13)20-17(19-14)16(21)12-8-5-4-6-9-12/h7,10-12H,4-6,8-9H2,1-3H3,(H,19,20). The molecule has 0 atom stereocenters. The van der Waals surface area contributed by atoms with Gasteiger partial charge in [0.1, 0.15) is 0 Å². The van der Waals surface area contributed by atoms with E-state index < -0.39 is 0 Å². The van der Waals surface area contributed by atoms with Crippen LogP contribution >= 0.6 is 0 Å². The highest BCUT2D eigenvalue weighted by Gasteiger charge is 2.26. The average Bonchev–Trinajstić information content (AvgIpc) is 2.90. The molecule has 3 heteroatoms. The van der Waals surface area contributed by atoms with E-state index in [2.05, 4.69) is 36.8 Å². The first-order valence-corrected chi connectivity index (χ1v) is 8.00. The summed E-state index contributed by atoms with van der Waals surface area (Å²) < 4.78 is 0. The van der Waals surface area contributed by atoms with Crippen LogP contribution in [0.4, 0.5) is 0 Å². The van der Waals surface area contributed by atoms with Crippen LogP contribution in [0.15, 0.2) is 18.2 Å². The molecule has 112 valence electrons. The summed E-state index contributed by atoms with van der Waals surface area (Å²) in [5.41, 5.74) is 3.14. The zero-order chi connectivity index (χ0) is 15.0. The molecular weight excluding hydrogens is 260 g/mol. The molecule has 0 aliphatic heterocycles. The number of carbonyl (C=O) groups excluding carboxylic acids is 1. The number of rotatable bonds is 2. The summed E-state index contributed by atoms with van der Waals surface area (Å²) >= 11 is 0. The van der Waals surface area contributed by atoms with Crippen LogP contribution in [0, 0.1) is 5.92 Å². The summed E-state index contributed by atoms with van der Waals surface area (Å²) in [7, 11) is 0. The van der Waals surface area contributed by atoms with Crippen LogP contribution < -0.4 is 0 Å². The lowest BCUT2D eigenvalue weighted by molar-refractivity contribution is 0.0880. The molecule has 1 aliphatic rings. The highest BCUT2D eigenvalue weighted by Crippen LogP contribution is 2.30. The van der Waals surface area contributed by atoms with E-state index in [4.69, 9.17) is 0 Å². The van der Waals surface area contributed by atoms with Crippen molar-refractivity contribution < 1.29 is 4.79 Å². The number of Topliss-reactive ketones (excluding diaryl/α,β-unsaturated/α-hetero) is 1. The fraction of sp³-hybridized carbons (Fsp3) is 0.556. The topological polar surface area (TPSA) is 45.8 Å². The third kappa shape index (κ3) is 2.74. The van der Waals surface area contributed by atoms with E-state index >= 15 is 0 Å². The van der Waals surface area contributed by atoms with Gasteiger partial charge < -0.3 is 4.98 Å². The molecule has 3 rings (SSSR count). The van der Waals surface area contributed by atoms with Crippen LogP contribution in [0.25, 0.3) is 11.0 Å². The summed E-state index contributed by atoms with van der Waals surface area (Å²) in [5.74, 6) is 0.914. The lowest BCUT2D eigenvalue weighted by Gasteiger charge is -2.19. The zero-order valence-corrected chi connectivity index (χ0v) is 13.2. The van der Waals surface area contributed by atoms with Crippen LogP contribution in [-0.4, -0.2) is 15.8 Å². The first-order valence-electron chi connectivity index (χ1n) is 8.00. The molecule has 1 fully saturated rings. The largest absolute Gasteiger partial charge is 0.335 e. The second kappa shape index (κ2) is 5.28. The molecule has 1 heterocycles. The Labute approximate surface area is 126 Å². The van der Waals surface area contributed by atoms with Crippen molar-refractivity contribution in [2.75, 3.05) is 0 Å². The molecule has 0 unspecified atom stereocenters. The summed E-state index contributed by atoms with van der Waals surface area (Å²) in [5, 5.41) is 0. The van der Waals surface area contributed by atoms with E-state index in [0.29, 0.717) is 5.82 Å². The SMILES string of the molecule is CC(C)(C)c1cccc2[nH]c(C(=O)C3CCCCC3)nc12. The molecule has 0 amide bonds. The number of fused-ring (bicyclic) bond motifs is 1. The Morgan fingerprint density at radius 1 is 1.19 bits per heavy atom. The lowest BCUT2D eigenvalue weighted by Crippen LogP contribution is -2.19. The van der Waals surface area contributed by atoms with Crippen molar-refractivity contribution in [2.45, 2.75) is 58.3 Å². The summed E-state index contributed by atoms with van der Waals surface area (Å²) in [6.45, 7) is 6.54. The monoisotopic (exact) mass is 284 g/mol. The van der Waals surface area contributed by atoms with Gasteiger partial charge in [-0.25, -0.2) is 4.98 Å². The van der Waals surface area contributed by atoms with Crippen molar-refractivity contribution >= 4 is 16.8 Å². The van der Waals surface area contributed by atoms with Gasteiger partial charge in [-0.1, -0.05) is 52.2 Å². The van der Waals surface area contributed by atoms with Gasteiger partial charge in [-0.2, -0.15) is 0 Å². The fourth-order valence-corrected chi connectivity index (χ4v) is 3.31. The Morgan fingerprint density at radius 2 is 1.90 bits per heavy atom. The zero-order valence-electron chi connectivity index (χ0n) is 13.2. The number of para-hydroxylation sites is 1. The van der Waals surface area contributed by atoms with Crippen molar-refractivity contribution in [1.82, 2.24) is 9.97 Å². The number of ketones is 1. The first kappa shape index (κ1) is 14.3. The predicted molar refractivity (Wildman–Crippen MR) is 85.7 cm³/mol. The van der Waals surface area contributed by atoms with E-state index in [1.165, 1.54) is 24.8 Å². The lowest BCUT2D eigenvalue weighted by atomic mass is 9.86. The first-order chi connectivity index (χ1) is 9.97. The fourth-order valence-electron chi connectivity index (χ4n) is 3.31. The second-order valence-corrected chi connectivity index (χ2v) is 7.24. The van der Waals surface area contributed by atoms with Crippen molar-refractivity contribution in [3.63, 3.8) is 0 Å². The molecule has 0 spiro atoms. The highest BCUT2D eigenvalue weighted by molar-refractivity contribution is 5.98. The minimum absolute atomic E-state index is 0.0276. The number of benzene rings is 1. The Bertz CT molecular complexity index is 657. The predicted octanol–water partition coefficient (Wildman–Crippen LogP) is 4.62. The smallest absolute Gasteiger partial charge is 0.201 e. The normalized spacial score (nSPS) is 17.3. The number of imidazole rings is 1. The number of aromatic amines is 1. The molecule has 0 bridgehead atoms.